The zero-order valence-corrected chi connectivity index (χ0v) is 17.3. The molecule has 0 aliphatic heterocycles. The molecular weight excluding hydrogens is 460 g/mol. The van der Waals surface area contributed by atoms with Gasteiger partial charge < -0.3 is 18.7 Å². The Morgan fingerprint density at radius 2 is 1.90 bits per heavy atom. The SMILES string of the molecule is COC(=O)Nc1nc2cc(OS(=O)(=O)c3ccc(F)cc3)ccc2n1COP(=O)(O)O. The van der Waals surface area contributed by atoms with Gasteiger partial charge in [-0.3, -0.25) is 14.4 Å². The van der Waals surface area contributed by atoms with Gasteiger partial charge in [0.25, 0.3) is 0 Å². The van der Waals surface area contributed by atoms with Crippen molar-refractivity contribution in [2.24, 2.45) is 0 Å². The van der Waals surface area contributed by atoms with Gasteiger partial charge in [0.05, 0.1) is 18.1 Å². The number of imidazole rings is 1. The minimum absolute atomic E-state index is 0.104. The monoisotopic (exact) mass is 475 g/mol. The standard InChI is InChI=1S/C16H15FN3O9PS/c1-27-16(21)19-15-18-13-8-11(4-7-14(13)20(15)9-28-30(22,23)24)29-31(25,26)12-5-2-10(17)3-6-12/h2-8H,9H2,1H3,(H,18,19,21)(H2,22,23,24). The molecule has 3 aromatic rings. The van der Waals surface area contributed by atoms with Crippen LogP contribution in [-0.4, -0.2) is 41.0 Å². The largest absolute Gasteiger partial charge is 0.471 e. The first kappa shape index (κ1) is 22.7. The molecule has 166 valence electrons. The van der Waals surface area contributed by atoms with Crippen LogP contribution < -0.4 is 9.50 Å². The summed E-state index contributed by atoms with van der Waals surface area (Å²) in [6.07, 6.45) is -0.914. The lowest BCUT2D eigenvalue weighted by Gasteiger charge is -2.11. The van der Waals surface area contributed by atoms with E-state index >= 15 is 0 Å². The molecule has 15 heteroatoms. The lowest BCUT2D eigenvalue weighted by molar-refractivity contribution is 0.157. The number of carbonyl (C=O) groups is 1. The number of nitrogens with one attached hydrogen (secondary N) is 1. The van der Waals surface area contributed by atoms with E-state index < -0.39 is 36.6 Å². The fourth-order valence-electron chi connectivity index (χ4n) is 2.44. The first-order valence-electron chi connectivity index (χ1n) is 8.24. The molecule has 1 amide bonds. The van der Waals surface area contributed by atoms with Crippen LogP contribution in [0.1, 0.15) is 0 Å². The third kappa shape index (κ3) is 5.57. The van der Waals surface area contributed by atoms with Gasteiger partial charge in [0.15, 0.2) is 0 Å². The van der Waals surface area contributed by atoms with Crippen LogP contribution in [0.2, 0.25) is 0 Å². The van der Waals surface area contributed by atoms with E-state index in [2.05, 4.69) is 19.6 Å². The maximum absolute atomic E-state index is 13.0. The molecular formula is C16H15FN3O9PS. The summed E-state index contributed by atoms with van der Waals surface area (Å²) in [6.45, 7) is -0.686. The summed E-state index contributed by atoms with van der Waals surface area (Å²) in [4.78, 5) is 33.2. The van der Waals surface area contributed by atoms with Crippen molar-refractivity contribution in [2.45, 2.75) is 11.6 Å². The summed E-state index contributed by atoms with van der Waals surface area (Å²) >= 11 is 0. The second-order valence-electron chi connectivity index (χ2n) is 5.87. The number of hydrogen-bond acceptors (Lipinski definition) is 8. The Labute approximate surface area is 174 Å². The second-order valence-corrected chi connectivity index (χ2v) is 8.66. The number of ether oxygens (including phenoxy) is 1. The van der Waals surface area contributed by atoms with E-state index in [1.54, 1.807) is 0 Å². The van der Waals surface area contributed by atoms with Gasteiger partial charge in [-0.1, -0.05) is 0 Å². The van der Waals surface area contributed by atoms with Crippen molar-refractivity contribution in [3.8, 4) is 5.75 Å². The number of methoxy groups -OCH3 is 1. The van der Waals surface area contributed by atoms with Crippen LogP contribution >= 0.6 is 7.82 Å². The maximum Gasteiger partial charge on any atom is 0.471 e. The Morgan fingerprint density at radius 3 is 2.52 bits per heavy atom. The number of rotatable bonds is 7. The molecule has 0 atom stereocenters. The zero-order chi connectivity index (χ0) is 22.8. The minimum atomic E-state index is -4.84. The Balaban J connectivity index is 1.96. The summed E-state index contributed by atoms with van der Waals surface area (Å²) in [5.41, 5.74) is 0.332. The molecule has 0 aliphatic rings. The zero-order valence-electron chi connectivity index (χ0n) is 15.6. The lowest BCUT2D eigenvalue weighted by Crippen LogP contribution is -2.16. The number of phosphoric acid groups is 1. The molecule has 1 aromatic heterocycles. The Morgan fingerprint density at radius 1 is 1.23 bits per heavy atom. The van der Waals surface area contributed by atoms with E-state index in [1.165, 1.54) is 18.2 Å². The van der Waals surface area contributed by atoms with E-state index in [9.17, 15) is 22.2 Å². The second kappa shape index (κ2) is 8.61. The Bertz CT molecular complexity index is 1270. The van der Waals surface area contributed by atoms with Gasteiger partial charge in [-0.15, -0.1) is 0 Å². The normalized spacial score (nSPS) is 12.0. The summed E-state index contributed by atoms with van der Waals surface area (Å²) < 4.78 is 63.9. The van der Waals surface area contributed by atoms with Gasteiger partial charge in [-0.25, -0.2) is 18.7 Å². The highest BCUT2D eigenvalue weighted by molar-refractivity contribution is 7.87. The molecule has 3 rings (SSSR count). The van der Waals surface area contributed by atoms with Crippen molar-refractivity contribution in [3.63, 3.8) is 0 Å². The average molecular weight is 475 g/mol. The number of phosphoric ester groups is 1. The molecule has 0 saturated carbocycles. The van der Waals surface area contributed by atoms with Crippen LogP contribution in [0.25, 0.3) is 11.0 Å². The highest BCUT2D eigenvalue weighted by Crippen LogP contribution is 2.37. The van der Waals surface area contributed by atoms with Gasteiger partial charge in [-0.2, -0.15) is 8.42 Å². The molecule has 3 N–H and O–H groups in total. The molecule has 0 fully saturated rings. The van der Waals surface area contributed by atoms with E-state index in [0.29, 0.717) is 0 Å². The molecule has 0 bridgehead atoms. The topological polar surface area (TPSA) is 166 Å². The van der Waals surface area contributed by atoms with Crippen LogP contribution in [-0.2, 0) is 30.7 Å². The van der Waals surface area contributed by atoms with Crippen LogP contribution in [0.15, 0.2) is 47.4 Å². The Hall–Kier alpha value is -3.03. The first-order valence-corrected chi connectivity index (χ1v) is 11.2. The summed E-state index contributed by atoms with van der Waals surface area (Å²) in [5.74, 6) is -0.954. The fourth-order valence-corrected chi connectivity index (χ4v) is 3.63. The van der Waals surface area contributed by atoms with E-state index in [-0.39, 0.29) is 27.6 Å². The van der Waals surface area contributed by atoms with Crippen LogP contribution in [0.3, 0.4) is 0 Å². The van der Waals surface area contributed by atoms with Gasteiger partial charge in [0, 0.05) is 6.07 Å². The predicted octanol–water partition coefficient (Wildman–Crippen LogP) is 2.19. The number of hydrogen-bond donors (Lipinski definition) is 3. The average Bonchev–Trinajstić information content (AvgIpc) is 3.01. The van der Waals surface area contributed by atoms with Gasteiger partial charge in [-0.05, 0) is 36.4 Å². The third-order valence-electron chi connectivity index (χ3n) is 3.78. The summed E-state index contributed by atoms with van der Waals surface area (Å²) in [6, 6.07) is 7.81. The molecule has 31 heavy (non-hydrogen) atoms. The predicted molar refractivity (Wildman–Crippen MR) is 103 cm³/mol. The molecule has 0 spiro atoms. The number of amides is 1. The molecule has 1 heterocycles. The van der Waals surface area contributed by atoms with E-state index in [0.717, 1.165) is 35.9 Å². The summed E-state index contributed by atoms with van der Waals surface area (Å²) in [7, 11) is -8.02. The van der Waals surface area contributed by atoms with Crippen LogP contribution in [0.5, 0.6) is 5.75 Å². The molecule has 12 nitrogen and oxygen atoms in total. The van der Waals surface area contributed by atoms with Crippen LogP contribution in [0, 0.1) is 5.82 Å². The van der Waals surface area contributed by atoms with E-state index in [1.807, 2.05) is 0 Å². The van der Waals surface area contributed by atoms with Crippen molar-refractivity contribution in [2.75, 3.05) is 12.4 Å². The third-order valence-corrected chi connectivity index (χ3v) is 5.50. The Kier molecular flexibility index (Phi) is 6.29. The van der Waals surface area contributed by atoms with Gasteiger partial charge in [0.1, 0.15) is 23.2 Å². The highest BCUT2D eigenvalue weighted by Gasteiger charge is 2.21. The molecule has 2 aromatic carbocycles. The number of halogens is 1. The van der Waals surface area contributed by atoms with E-state index in [4.69, 9.17) is 14.0 Å². The number of nitrogens with zero attached hydrogens (tertiary/aromatic N) is 2. The number of anilines is 1. The smallest absolute Gasteiger partial charge is 0.453 e. The number of fused-ring (bicyclic) bond motifs is 1. The van der Waals surface area contributed by atoms with Gasteiger partial charge in [0.2, 0.25) is 5.95 Å². The first-order chi connectivity index (χ1) is 14.5. The molecule has 0 aliphatic carbocycles. The lowest BCUT2D eigenvalue weighted by atomic mass is 10.3. The van der Waals surface area contributed by atoms with Crippen molar-refractivity contribution in [1.29, 1.82) is 0 Å². The van der Waals surface area contributed by atoms with Crippen molar-refractivity contribution in [1.82, 2.24) is 9.55 Å². The molecule has 0 saturated heterocycles. The number of carbonyl (C=O) groups excluding carboxylic acids is 1. The quantitative estimate of drug-likeness (QED) is 0.340. The highest BCUT2D eigenvalue weighted by atomic mass is 32.2. The minimum Gasteiger partial charge on any atom is -0.453 e. The van der Waals surface area contributed by atoms with Crippen molar-refractivity contribution >= 4 is 41.0 Å². The molecule has 0 radical (unpaired) electrons. The van der Waals surface area contributed by atoms with Crippen LogP contribution in [0.4, 0.5) is 15.1 Å². The number of aromatic nitrogens is 2. The van der Waals surface area contributed by atoms with Crippen molar-refractivity contribution in [3.05, 3.63) is 48.3 Å². The molecule has 0 unspecified atom stereocenters. The number of benzene rings is 2. The fraction of sp³-hybridized carbons (Fsp3) is 0.125. The van der Waals surface area contributed by atoms with Gasteiger partial charge >= 0.3 is 24.0 Å². The van der Waals surface area contributed by atoms with Crippen molar-refractivity contribution < 1.29 is 45.4 Å². The summed E-state index contributed by atoms with van der Waals surface area (Å²) in [5, 5.41) is 2.25. The maximum atomic E-state index is 13.0.